The van der Waals surface area contributed by atoms with Crippen LogP contribution in [0.25, 0.3) is 66.1 Å². The molecule has 2 nitrogen and oxygen atoms in total. The van der Waals surface area contributed by atoms with Gasteiger partial charge in [0.05, 0.1) is 22.1 Å². The van der Waals surface area contributed by atoms with Crippen LogP contribution in [0.3, 0.4) is 0 Å². The van der Waals surface area contributed by atoms with Gasteiger partial charge in [0.25, 0.3) is 0 Å². The largest absolute Gasteiger partial charge is 0.309 e. The maximum atomic E-state index is 2.52. The molecule has 0 atom stereocenters. The smallest absolute Gasteiger partial charge is 0.179 e. The van der Waals surface area contributed by atoms with Crippen molar-refractivity contribution < 1.29 is 0 Å². The Labute approximate surface area is 333 Å². The molecule has 0 N–H and O–H groups in total. The van der Waals surface area contributed by atoms with Gasteiger partial charge in [0.15, 0.2) is 8.07 Å². The summed E-state index contributed by atoms with van der Waals surface area (Å²) >= 11 is 0. The second kappa shape index (κ2) is 13.5. The highest BCUT2D eigenvalue weighted by molar-refractivity contribution is 7.20. The molecule has 0 saturated heterocycles. The Kier molecular flexibility index (Phi) is 7.87. The van der Waals surface area contributed by atoms with Gasteiger partial charge in [-0.15, -0.1) is 0 Å². The molecule has 3 heteroatoms. The first kappa shape index (κ1) is 33.2. The fourth-order valence-electron chi connectivity index (χ4n) is 9.36. The predicted molar refractivity (Wildman–Crippen MR) is 244 cm³/mol. The fraction of sp³-hybridized carbons (Fsp3) is 0. The van der Waals surface area contributed by atoms with E-state index in [4.69, 9.17) is 0 Å². The van der Waals surface area contributed by atoms with Crippen LogP contribution in [-0.2, 0) is 0 Å². The minimum absolute atomic E-state index is 1.15. The molecule has 11 rings (SSSR count). The van der Waals surface area contributed by atoms with Gasteiger partial charge in [-0.05, 0) is 80.4 Å². The Morgan fingerprint density at radius 3 is 1.35 bits per heavy atom. The molecule has 0 amide bonds. The summed E-state index contributed by atoms with van der Waals surface area (Å²) in [6.45, 7) is 0. The average Bonchev–Trinajstić information content (AvgIpc) is 3.80. The number of para-hydroxylation sites is 2. The quantitative estimate of drug-likeness (QED) is 0.114. The van der Waals surface area contributed by atoms with Crippen LogP contribution in [0, 0.1) is 0 Å². The van der Waals surface area contributed by atoms with Crippen molar-refractivity contribution in [3.63, 3.8) is 0 Å². The summed E-state index contributed by atoms with van der Waals surface area (Å²) in [7, 11) is -2.78. The minimum Gasteiger partial charge on any atom is -0.309 e. The van der Waals surface area contributed by atoms with Crippen LogP contribution >= 0.6 is 0 Å². The zero-order valence-corrected chi connectivity index (χ0v) is 32.3. The van der Waals surface area contributed by atoms with Crippen LogP contribution in [0.1, 0.15) is 0 Å². The molecule has 0 unspecified atom stereocenters. The first-order valence-electron chi connectivity index (χ1n) is 19.7. The highest BCUT2D eigenvalue weighted by Gasteiger charge is 2.41. The van der Waals surface area contributed by atoms with Gasteiger partial charge < -0.3 is 9.13 Å². The first-order valence-corrected chi connectivity index (χ1v) is 21.7. The van der Waals surface area contributed by atoms with Crippen molar-refractivity contribution in [1.29, 1.82) is 0 Å². The number of nitrogens with zero attached hydrogens (tertiary/aromatic N) is 2. The van der Waals surface area contributed by atoms with Crippen molar-refractivity contribution in [2.75, 3.05) is 0 Å². The molecule has 0 saturated carbocycles. The highest BCUT2D eigenvalue weighted by Crippen LogP contribution is 2.38. The van der Waals surface area contributed by atoms with Crippen LogP contribution in [0.5, 0.6) is 0 Å². The van der Waals surface area contributed by atoms with Gasteiger partial charge >= 0.3 is 0 Å². The summed E-state index contributed by atoms with van der Waals surface area (Å²) < 4.78 is 4.92. The number of fused-ring (bicyclic) bond motifs is 6. The lowest BCUT2D eigenvalue weighted by Gasteiger charge is -2.34. The maximum Gasteiger partial charge on any atom is 0.179 e. The summed E-state index contributed by atoms with van der Waals surface area (Å²) in [5.41, 5.74) is 9.52. The third kappa shape index (κ3) is 5.24. The van der Waals surface area contributed by atoms with E-state index in [1.165, 1.54) is 75.5 Å². The normalized spacial score (nSPS) is 11.9. The van der Waals surface area contributed by atoms with Gasteiger partial charge in [0.1, 0.15) is 0 Å². The molecule has 0 aliphatic rings. The number of rotatable bonds is 7. The summed E-state index contributed by atoms with van der Waals surface area (Å²) in [6.07, 6.45) is 0. The molecule has 0 aliphatic carbocycles. The second-order valence-corrected chi connectivity index (χ2v) is 18.7. The van der Waals surface area contributed by atoms with E-state index in [1.807, 2.05) is 0 Å². The predicted octanol–water partition coefficient (Wildman–Crippen LogP) is 10.9. The van der Waals surface area contributed by atoms with Gasteiger partial charge in [0.2, 0.25) is 0 Å². The van der Waals surface area contributed by atoms with Crippen LogP contribution in [0.15, 0.2) is 231 Å². The molecule has 2 aromatic heterocycles. The van der Waals surface area contributed by atoms with E-state index >= 15 is 0 Å². The topological polar surface area (TPSA) is 9.86 Å². The zero-order valence-electron chi connectivity index (χ0n) is 31.3. The first-order chi connectivity index (χ1) is 28.3. The number of hydrogen-bond donors (Lipinski definition) is 0. The third-order valence-electron chi connectivity index (χ3n) is 11.9. The van der Waals surface area contributed by atoms with Crippen molar-refractivity contribution >= 4 is 72.4 Å². The van der Waals surface area contributed by atoms with E-state index in [1.54, 1.807) is 0 Å². The van der Waals surface area contributed by atoms with Gasteiger partial charge in [-0.2, -0.15) is 0 Å². The lowest BCUT2D eigenvalue weighted by Crippen LogP contribution is -2.74. The Morgan fingerprint density at radius 1 is 0.246 bits per heavy atom. The molecule has 268 valence electrons. The lowest BCUT2D eigenvalue weighted by atomic mass is 10.0. The molecular formula is C54H38N2Si. The zero-order chi connectivity index (χ0) is 37.8. The Hall–Kier alpha value is -7.20. The summed E-state index contributed by atoms with van der Waals surface area (Å²) in [5.74, 6) is 0. The van der Waals surface area contributed by atoms with Gasteiger partial charge in [-0.3, -0.25) is 0 Å². The van der Waals surface area contributed by atoms with Crippen LogP contribution < -0.4 is 20.7 Å². The van der Waals surface area contributed by atoms with E-state index in [2.05, 4.69) is 240 Å². The van der Waals surface area contributed by atoms with Crippen molar-refractivity contribution in [3.8, 4) is 22.5 Å². The van der Waals surface area contributed by atoms with Gasteiger partial charge in [-0.25, -0.2) is 0 Å². The monoisotopic (exact) mass is 742 g/mol. The molecule has 0 fully saturated rings. The average molecular weight is 743 g/mol. The number of benzene rings is 9. The van der Waals surface area contributed by atoms with E-state index in [0.29, 0.717) is 0 Å². The van der Waals surface area contributed by atoms with E-state index in [0.717, 1.165) is 11.4 Å². The summed E-state index contributed by atoms with van der Waals surface area (Å²) in [5, 5.41) is 10.4. The van der Waals surface area contributed by atoms with Crippen molar-refractivity contribution in [2.24, 2.45) is 0 Å². The Balaban J connectivity index is 1.25. The minimum atomic E-state index is -2.78. The van der Waals surface area contributed by atoms with E-state index < -0.39 is 8.07 Å². The van der Waals surface area contributed by atoms with Crippen molar-refractivity contribution in [2.45, 2.75) is 0 Å². The lowest BCUT2D eigenvalue weighted by molar-refractivity contribution is 1.17. The molecule has 0 spiro atoms. The van der Waals surface area contributed by atoms with Crippen LogP contribution in [-0.4, -0.2) is 17.2 Å². The fourth-order valence-corrected chi connectivity index (χ4v) is 14.1. The van der Waals surface area contributed by atoms with E-state index in [9.17, 15) is 0 Å². The molecule has 2 heterocycles. The standard InChI is InChI=1S/C54H38N2Si/c1-6-18-39(19-7-1)40-30-33-48-49-34-32-46(57(43-22-10-3-11-23-43,44-24-12-4-13-25-44)45-26-14-5-15-27-45)38-54(49)56(53(48)36-40)42-31-35-52-50(37-42)47-28-16-17-29-51(47)55(52)41-20-8-2-9-21-41/h1-38H. The molecule has 0 radical (unpaired) electrons. The molecule has 0 bridgehead atoms. The third-order valence-corrected chi connectivity index (χ3v) is 16.6. The SMILES string of the molecule is c1ccc(-c2ccc3c4ccc([Si](c5ccccc5)(c5ccccc5)c5ccccc5)cc4n(-c4ccc5c(c4)c4ccccc4n5-c4ccccc4)c3c2)cc1. The molecule has 57 heavy (non-hydrogen) atoms. The van der Waals surface area contributed by atoms with Gasteiger partial charge in [-0.1, -0.05) is 182 Å². The number of hydrogen-bond acceptors (Lipinski definition) is 0. The molecule has 11 aromatic rings. The van der Waals surface area contributed by atoms with Crippen LogP contribution in [0.2, 0.25) is 0 Å². The second-order valence-electron chi connectivity index (χ2n) is 14.9. The van der Waals surface area contributed by atoms with Crippen molar-refractivity contribution in [1.82, 2.24) is 9.13 Å². The Morgan fingerprint density at radius 2 is 0.719 bits per heavy atom. The van der Waals surface area contributed by atoms with Crippen LogP contribution in [0.4, 0.5) is 0 Å². The highest BCUT2D eigenvalue weighted by atomic mass is 28.3. The maximum absolute atomic E-state index is 2.78. The van der Waals surface area contributed by atoms with Gasteiger partial charge in [0, 0.05) is 32.9 Å². The summed E-state index contributed by atoms with van der Waals surface area (Å²) in [4.78, 5) is 0. The molecule has 9 aromatic carbocycles. The summed E-state index contributed by atoms with van der Waals surface area (Å²) in [6, 6.07) is 85.3. The molecule has 0 aliphatic heterocycles. The Bertz CT molecular complexity index is 3110. The van der Waals surface area contributed by atoms with Crippen molar-refractivity contribution in [3.05, 3.63) is 231 Å². The molecular weight excluding hydrogens is 705 g/mol. The van der Waals surface area contributed by atoms with E-state index in [-0.39, 0.29) is 0 Å². The number of aromatic nitrogens is 2.